The molecule has 1 saturated heterocycles. The number of pyridine rings is 1. The molecule has 2 unspecified atom stereocenters. The number of hydrogen-bond acceptors (Lipinski definition) is 4. The molecular formula is C17H14F3N3O. The van der Waals surface area contributed by atoms with E-state index in [0.717, 1.165) is 12.1 Å². The number of hydrogen-bond donors (Lipinski definition) is 1. The number of β-amino-alcohol motifs (C(OH)–C–C–N with tert-alkyl or cyclic N) is 1. The SMILES string of the molecule is N#Cc1cccc(N2CC(O)CC2c2ccc(C(F)(F)F)cc2)n1. The second-order valence-electron chi connectivity index (χ2n) is 5.67. The van der Waals surface area contributed by atoms with Crippen LogP contribution in [0.1, 0.15) is 29.3 Å². The lowest BCUT2D eigenvalue weighted by Gasteiger charge is -2.26. The molecule has 1 N–H and O–H groups in total. The fourth-order valence-corrected chi connectivity index (χ4v) is 2.92. The number of nitriles is 1. The number of aliphatic hydroxyl groups is 1. The number of aromatic nitrogens is 1. The third-order valence-electron chi connectivity index (χ3n) is 4.04. The van der Waals surface area contributed by atoms with Crippen molar-refractivity contribution in [1.82, 2.24) is 4.98 Å². The molecule has 124 valence electrons. The summed E-state index contributed by atoms with van der Waals surface area (Å²) in [5.41, 5.74) is 0.213. The molecule has 0 amide bonds. The summed E-state index contributed by atoms with van der Waals surface area (Å²) in [6, 6.07) is 11.6. The average molecular weight is 333 g/mol. The Morgan fingerprint density at radius 2 is 1.88 bits per heavy atom. The maximum atomic E-state index is 12.7. The summed E-state index contributed by atoms with van der Waals surface area (Å²) in [7, 11) is 0. The molecule has 4 nitrogen and oxygen atoms in total. The minimum Gasteiger partial charge on any atom is -0.391 e. The molecule has 0 bridgehead atoms. The lowest BCUT2D eigenvalue weighted by molar-refractivity contribution is -0.137. The van der Waals surface area contributed by atoms with Crippen LogP contribution in [0, 0.1) is 11.3 Å². The van der Waals surface area contributed by atoms with E-state index in [4.69, 9.17) is 5.26 Å². The fraction of sp³-hybridized carbons (Fsp3) is 0.294. The number of anilines is 1. The lowest BCUT2D eigenvalue weighted by Crippen LogP contribution is -2.25. The number of rotatable bonds is 2. The van der Waals surface area contributed by atoms with Crippen molar-refractivity contribution < 1.29 is 18.3 Å². The largest absolute Gasteiger partial charge is 0.416 e. The van der Waals surface area contributed by atoms with Crippen LogP contribution in [-0.2, 0) is 6.18 Å². The van der Waals surface area contributed by atoms with Gasteiger partial charge in [0.1, 0.15) is 17.6 Å². The van der Waals surface area contributed by atoms with Gasteiger partial charge in [0.2, 0.25) is 0 Å². The molecule has 0 spiro atoms. The van der Waals surface area contributed by atoms with Crippen molar-refractivity contribution in [1.29, 1.82) is 5.26 Å². The molecule has 0 aliphatic carbocycles. The summed E-state index contributed by atoms with van der Waals surface area (Å²) in [5, 5.41) is 18.9. The summed E-state index contributed by atoms with van der Waals surface area (Å²) in [5.74, 6) is 0.524. The molecule has 1 aromatic heterocycles. The second kappa shape index (κ2) is 6.13. The van der Waals surface area contributed by atoms with Crippen LogP contribution in [0.5, 0.6) is 0 Å². The van der Waals surface area contributed by atoms with Gasteiger partial charge < -0.3 is 10.0 Å². The van der Waals surface area contributed by atoms with Gasteiger partial charge in [0.05, 0.1) is 17.7 Å². The van der Waals surface area contributed by atoms with Gasteiger partial charge >= 0.3 is 6.18 Å². The third-order valence-corrected chi connectivity index (χ3v) is 4.04. The van der Waals surface area contributed by atoms with E-state index in [1.54, 1.807) is 18.2 Å². The Morgan fingerprint density at radius 3 is 2.50 bits per heavy atom. The van der Waals surface area contributed by atoms with Crippen LogP contribution < -0.4 is 4.90 Å². The molecule has 1 aromatic carbocycles. The van der Waals surface area contributed by atoms with Gasteiger partial charge in [-0.25, -0.2) is 4.98 Å². The van der Waals surface area contributed by atoms with Gasteiger partial charge in [0, 0.05) is 6.54 Å². The maximum Gasteiger partial charge on any atom is 0.416 e. The van der Waals surface area contributed by atoms with Crippen LogP contribution in [0.2, 0.25) is 0 Å². The highest BCUT2D eigenvalue weighted by Crippen LogP contribution is 2.37. The molecule has 1 fully saturated rings. The first-order chi connectivity index (χ1) is 11.4. The smallest absolute Gasteiger partial charge is 0.391 e. The second-order valence-corrected chi connectivity index (χ2v) is 5.67. The molecule has 7 heteroatoms. The third kappa shape index (κ3) is 3.19. The minimum atomic E-state index is -4.38. The van der Waals surface area contributed by atoms with Crippen molar-refractivity contribution in [2.45, 2.75) is 24.7 Å². The Hall–Kier alpha value is -2.59. The first kappa shape index (κ1) is 16.3. The van der Waals surface area contributed by atoms with Gasteiger partial charge in [-0.1, -0.05) is 18.2 Å². The first-order valence-corrected chi connectivity index (χ1v) is 7.37. The topological polar surface area (TPSA) is 60.2 Å². The highest BCUT2D eigenvalue weighted by Gasteiger charge is 2.34. The Labute approximate surface area is 136 Å². The zero-order chi connectivity index (χ0) is 17.3. The highest BCUT2D eigenvalue weighted by molar-refractivity contribution is 5.47. The lowest BCUT2D eigenvalue weighted by atomic mass is 10.0. The zero-order valence-electron chi connectivity index (χ0n) is 12.5. The molecule has 24 heavy (non-hydrogen) atoms. The average Bonchev–Trinajstić information content (AvgIpc) is 2.96. The number of benzene rings is 1. The summed E-state index contributed by atoms with van der Waals surface area (Å²) in [6.07, 6.45) is -4.59. The van der Waals surface area contributed by atoms with Crippen LogP contribution in [-0.4, -0.2) is 22.7 Å². The molecule has 3 rings (SSSR count). The Bertz CT molecular complexity index is 768. The maximum absolute atomic E-state index is 12.7. The summed E-state index contributed by atoms with van der Waals surface area (Å²) >= 11 is 0. The van der Waals surface area contributed by atoms with Crippen LogP contribution >= 0.6 is 0 Å². The first-order valence-electron chi connectivity index (χ1n) is 7.37. The van der Waals surface area contributed by atoms with E-state index in [1.807, 2.05) is 11.0 Å². The monoisotopic (exact) mass is 333 g/mol. The van der Waals surface area contributed by atoms with Crippen LogP contribution in [0.15, 0.2) is 42.5 Å². The van der Waals surface area contributed by atoms with E-state index in [1.165, 1.54) is 12.1 Å². The van der Waals surface area contributed by atoms with E-state index >= 15 is 0 Å². The molecule has 2 aromatic rings. The number of alkyl halides is 3. The van der Waals surface area contributed by atoms with E-state index in [2.05, 4.69) is 4.98 Å². The fourth-order valence-electron chi connectivity index (χ4n) is 2.92. The standard InChI is InChI=1S/C17H14F3N3O/c18-17(19,20)12-6-4-11(5-7-12)15-8-14(24)10-23(15)16-3-1-2-13(9-21)22-16/h1-7,14-15,24H,8,10H2. The number of halogens is 3. The molecule has 0 saturated carbocycles. The van der Waals surface area contributed by atoms with Crippen molar-refractivity contribution in [3.63, 3.8) is 0 Å². The van der Waals surface area contributed by atoms with Crippen LogP contribution in [0.25, 0.3) is 0 Å². The zero-order valence-corrected chi connectivity index (χ0v) is 12.5. The minimum absolute atomic E-state index is 0.250. The molecule has 2 heterocycles. The van der Waals surface area contributed by atoms with Crippen LogP contribution in [0.4, 0.5) is 19.0 Å². The Balaban J connectivity index is 1.92. The predicted molar refractivity (Wildman–Crippen MR) is 81.1 cm³/mol. The van der Waals surface area contributed by atoms with E-state index in [9.17, 15) is 18.3 Å². The number of nitrogens with zero attached hydrogens (tertiary/aromatic N) is 3. The van der Waals surface area contributed by atoms with Crippen molar-refractivity contribution in [2.24, 2.45) is 0 Å². The van der Waals surface area contributed by atoms with E-state index < -0.39 is 17.8 Å². The molecule has 2 atom stereocenters. The van der Waals surface area contributed by atoms with Crippen molar-refractivity contribution >= 4 is 5.82 Å². The van der Waals surface area contributed by atoms with Gasteiger partial charge in [0.15, 0.2) is 0 Å². The van der Waals surface area contributed by atoms with Gasteiger partial charge in [-0.15, -0.1) is 0 Å². The predicted octanol–water partition coefficient (Wildman–Crippen LogP) is 3.28. The van der Waals surface area contributed by atoms with Gasteiger partial charge in [-0.05, 0) is 36.2 Å². The van der Waals surface area contributed by atoms with Crippen molar-refractivity contribution in [3.8, 4) is 6.07 Å². The normalized spacial score (nSPS) is 20.9. The molecule has 1 aliphatic rings. The van der Waals surface area contributed by atoms with Crippen molar-refractivity contribution in [3.05, 3.63) is 59.3 Å². The van der Waals surface area contributed by atoms with Gasteiger partial charge in [-0.2, -0.15) is 18.4 Å². The quantitative estimate of drug-likeness (QED) is 0.916. The molecular weight excluding hydrogens is 319 g/mol. The Morgan fingerprint density at radius 1 is 1.17 bits per heavy atom. The molecule has 0 radical (unpaired) electrons. The number of aliphatic hydroxyl groups excluding tert-OH is 1. The Kier molecular flexibility index (Phi) is 4.16. The van der Waals surface area contributed by atoms with Crippen LogP contribution in [0.3, 0.4) is 0 Å². The van der Waals surface area contributed by atoms with Crippen molar-refractivity contribution in [2.75, 3.05) is 11.4 Å². The summed E-state index contributed by atoms with van der Waals surface area (Å²) < 4.78 is 38.1. The van der Waals surface area contributed by atoms with Gasteiger partial charge in [-0.3, -0.25) is 0 Å². The molecule has 1 aliphatic heterocycles. The highest BCUT2D eigenvalue weighted by atomic mass is 19.4. The summed E-state index contributed by atoms with van der Waals surface area (Å²) in [4.78, 5) is 6.03. The summed E-state index contributed by atoms with van der Waals surface area (Å²) in [6.45, 7) is 0.313. The van der Waals surface area contributed by atoms with E-state index in [-0.39, 0.29) is 11.7 Å². The van der Waals surface area contributed by atoms with Gasteiger partial charge in [0.25, 0.3) is 0 Å². The van der Waals surface area contributed by atoms with E-state index in [0.29, 0.717) is 24.3 Å².